The van der Waals surface area contributed by atoms with E-state index in [-0.39, 0.29) is 18.4 Å². The monoisotopic (exact) mass is 369 g/mol. The number of aromatic amines is 1. The molecule has 8 heteroatoms. The molecule has 0 spiro atoms. The molecule has 3 aromatic heterocycles. The molecule has 142 valence electrons. The average Bonchev–Trinajstić information content (AvgIpc) is 3.42. The highest BCUT2D eigenvalue weighted by Crippen LogP contribution is 2.27. The van der Waals surface area contributed by atoms with Crippen molar-refractivity contribution in [2.24, 2.45) is 0 Å². The normalized spacial score (nSPS) is 17.4. The van der Waals surface area contributed by atoms with Crippen LogP contribution in [0.1, 0.15) is 40.7 Å². The first kappa shape index (κ1) is 17.5. The van der Waals surface area contributed by atoms with Crippen LogP contribution in [0, 0.1) is 6.92 Å². The first-order chi connectivity index (χ1) is 13.1. The van der Waals surface area contributed by atoms with Gasteiger partial charge in [0.2, 0.25) is 0 Å². The Balaban J connectivity index is 1.46. The number of aliphatic hydroxyl groups excluding tert-OH is 1. The fourth-order valence-corrected chi connectivity index (χ4v) is 3.52. The van der Waals surface area contributed by atoms with Gasteiger partial charge in [0.25, 0.3) is 5.91 Å². The second-order valence-corrected chi connectivity index (χ2v) is 6.89. The molecular weight excluding hydrogens is 346 g/mol. The van der Waals surface area contributed by atoms with Gasteiger partial charge >= 0.3 is 0 Å². The van der Waals surface area contributed by atoms with Crippen molar-refractivity contribution in [3.8, 4) is 11.5 Å². The molecule has 1 fully saturated rings. The van der Waals surface area contributed by atoms with E-state index in [0.717, 1.165) is 24.3 Å². The number of carbonyl (C=O) groups excluding carboxylic acids is 1. The van der Waals surface area contributed by atoms with Gasteiger partial charge in [0.15, 0.2) is 11.5 Å². The van der Waals surface area contributed by atoms with Gasteiger partial charge in [-0.2, -0.15) is 10.2 Å². The van der Waals surface area contributed by atoms with Crippen LogP contribution in [0.25, 0.3) is 11.5 Å². The van der Waals surface area contributed by atoms with Gasteiger partial charge in [0, 0.05) is 31.3 Å². The molecule has 4 rings (SSSR count). The molecule has 1 saturated heterocycles. The van der Waals surface area contributed by atoms with Crippen molar-refractivity contribution in [3.63, 3.8) is 0 Å². The van der Waals surface area contributed by atoms with Gasteiger partial charge in [-0.15, -0.1) is 0 Å². The lowest BCUT2D eigenvalue weighted by Gasteiger charge is -2.31. The Kier molecular flexibility index (Phi) is 4.81. The highest BCUT2D eigenvalue weighted by atomic mass is 16.3. The van der Waals surface area contributed by atoms with Crippen molar-refractivity contribution >= 4 is 5.91 Å². The summed E-state index contributed by atoms with van der Waals surface area (Å²) in [5, 5.41) is 20.6. The number of likely N-dealkylation sites (tertiary alicyclic amines) is 1. The van der Waals surface area contributed by atoms with Gasteiger partial charge in [0.1, 0.15) is 11.5 Å². The van der Waals surface area contributed by atoms with E-state index in [1.54, 1.807) is 10.7 Å². The largest absolute Gasteiger partial charge is 0.460 e. The molecule has 0 aliphatic carbocycles. The molecule has 2 N–H and O–H groups in total. The number of nitrogens with zero attached hydrogens (tertiary/aromatic N) is 4. The van der Waals surface area contributed by atoms with Gasteiger partial charge in [-0.3, -0.25) is 14.6 Å². The van der Waals surface area contributed by atoms with Crippen molar-refractivity contribution in [1.29, 1.82) is 0 Å². The minimum Gasteiger partial charge on any atom is -0.460 e. The van der Waals surface area contributed by atoms with E-state index in [4.69, 9.17) is 9.52 Å². The van der Waals surface area contributed by atoms with Crippen LogP contribution in [0.15, 0.2) is 34.9 Å². The summed E-state index contributed by atoms with van der Waals surface area (Å²) in [6.45, 7) is 3.76. The fourth-order valence-electron chi connectivity index (χ4n) is 3.52. The number of piperidine rings is 1. The second kappa shape index (κ2) is 7.40. The summed E-state index contributed by atoms with van der Waals surface area (Å²) in [5.74, 6) is 1.60. The summed E-state index contributed by atoms with van der Waals surface area (Å²) in [4.78, 5) is 14.7. The van der Waals surface area contributed by atoms with Crippen molar-refractivity contribution in [1.82, 2.24) is 24.9 Å². The van der Waals surface area contributed by atoms with Crippen LogP contribution in [-0.2, 0) is 6.54 Å². The Morgan fingerprint density at radius 1 is 1.41 bits per heavy atom. The zero-order valence-corrected chi connectivity index (χ0v) is 15.3. The Hall–Kier alpha value is -2.87. The van der Waals surface area contributed by atoms with Crippen LogP contribution < -0.4 is 0 Å². The molecule has 1 unspecified atom stereocenters. The summed E-state index contributed by atoms with van der Waals surface area (Å²) >= 11 is 0. The van der Waals surface area contributed by atoms with E-state index in [9.17, 15) is 4.79 Å². The SMILES string of the molecule is Cc1ccc(-c2cc(C(=O)N3CCCC(c4ccn(CCO)n4)C3)n[nH]2)o1. The van der Waals surface area contributed by atoms with E-state index >= 15 is 0 Å². The third kappa shape index (κ3) is 3.66. The van der Waals surface area contributed by atoms with Crippen LogP contribution in [0.4, 0.5) is 0 Å². The number of carbonyl (C=O) groups is 1. The maximum absolute atomic E-state index is 12.9. The van der Waals surface area contributed by atoms with Crippen molar-refractivity contribution in [2.75, 3.05) is 19.7 Å². The Labute approximate surface area is 156 Å². The molecule has 1 amide bonds. The fraction of sp³-hybridized carbons (Fsp3) is 0.421. The van der Waals surface area contributed by atoms with Gasteiger partial charge in [-0.25, -0.2) is 0 Å². The lowest BCUT2D eigenvalue weighted by Crippen LogP contribution is -2.39. The van der Waals surface area contributed by atoms with Crippen molar-refractivity contribution in [3.05, 3.63) is 47.6 Å². The first-order valence-electron chi connectivity index (χ1n) is 9.20. The van der Waals surface area contributed by atoms with Gasteiger partial charge < -0.3 is 14.4 Å². The predicted octanol–water partition coefficient (Wildman–Crippen LogP) is 2.19. The van der Waals surface area contributed by atoms with E-state index < -0.39 is 0 Å². The summed E-state index contributed by atoms with van der Waals surface area (Å²) in [6, 6.07) is 7.44. The molecule has 1 aliphatic heterocycles. The van der Waals surface area contributed by atoms with Crippen LogP contribution >= 0.6 is 0 Å². The lowest BCUT2D eigenvalue weighted by molar-refractivity contribution is 0.0699. The van der Waals surface area contributed by atoms with E-state index in [1.807, 2.05) is 36.2 Å². The zero-order valence-electron chi connectivity index (χ0n) is 15.3. The summed E-state index contributed by atoms with van der Waals surface area (Å²) < 4.78 is 7.32. The molecule has 3 aromatic rings. The van der Waals surface area contributed by atoms with Crippen molar-refractivity contribution < 1.29 is 14.3 Å². The number of aromatic nitrogens is 4. The number of hydrogen-bond donors (Lipinski definition) is 2. The topological polar surface area (TPSA) is 100 Å². The van der Waals surface area contributed by atoms with E-state index in [0.29, 0.717) is 36.8 Å². The Morgan fingerprint density at radius 3 is 3.07 bits per heavy atom. The first-order valence-corrected chi connectivity index (χ1v) is 9.20. The number of hydrogen-bond acceptors (Lipinski definition) is 5. The number of aliphatic hydroxyl groups is 1. The van der Waals surface area contributed by atoms with Crippen molar-refractivity contribution in [2.45, 2.75) is 32.2 Å². The van der Waals surface area contributed by atoms with Crippen LogP contribution in [0.2, 0.25) is 0 Å². The molecule has 4 heterocycles. The second-order valence-electron chi connectivity index (χ2n) is 6.89. The number of rotatable bonds is 5. The van der Waals surface area contributed by atoms with E-state index in [1.165, 1.54) is 0 Å². The molecule has 8 nitrogen and oxygen atoms in total. The van der Waals surface area contributed by atoms with Gasteiger partial charge in [0.05, 0.1) is 18.8 Å². The smallest absolute Gasteiger partial charge is 0.274 e. The number of furan rings is 1. The zero-order chi connectivity index (χ0) is 18.8. The lowest BCUT2D eigenvalue weighted by atomic mass is 9.95. The Bertz CT molecular complexity index is 925. The van der Waals surface area contributed by atoms with Gasteiger partial charge in [-0.05, 0) is 38.0 Å². The van der Waals surface area contributed by atoms with E-state index in [2.05, 4.69) is 15.3 Å². The number of aryl methyl sites for hydroxylation is 1. The average molecular weight is 369 g/mol. The molecule has 0 bridgehead atoms. The van der Waals surface area contributed by atoms with Gasteiger partial charge in [-0.1, -0.05) is 0 Å². The molecule has 1 aliphatic rings. The quantitative estimate of drug-likeness (QED) is 0.718. The van der Waals surface area contributed by atoms with Crippen LogP contribution in [0.5, 0.6) is 0 Å². The maximum atomic E-state index is 12.9. The highest BCUT2D eigenvalue weighted by Gasteiger charge is 2.28. The Morgan fingerprint density at radius 2 is 2.30 bits per heavy atom. The molecule has 0 saturated carbocycles. The third-order valence-corrected chi connectivity index (χ3v) is 4.92. The third-order valence-electron chi connectivity index (χ3n) is 4.92. The predicted molar refractivity (Wildman–Crippen MR) is 98.2 cm³/mol. The number of nitrogens with one attached hydrogen (secondary N) is 1. The summed E-state index contributed by atoms with van der Waals surface area (Å²) in [7, 11) is 0. The van der Waals surface area contributed by atoms with Crippen LogP contribution in [0.3, 0.4) is 0 Å². The van der Waals surface area contributed by atoms with Crippen LogP contribution in [-0.4, -0.2) is 55.6 Å². The standard InChI is InChI=1S/C19H23N5O3/c1-13-4-5-18(27-13)16-11-17(21-20-16)19(26)23-7-2-3-14(12-23)15-6-8-24(22-15)9-10-25/h4-6,8,11,14,25H,2-3,7,9-10,12H2,1H3,(H,20,21). The minimum absolute atomic E-state index is 0.0626. The molecule has 0 radical (unpaired) electrons. The number of amides is 1. The summed E-state index contributed by atoms with van der Waals surface area (Å²) in [6.07, 6.45) is 3.80. The molecule has 27 heavy (non-hydrogen) atoms. The highest BCUT2D eigenvalue weighted by molar-refractivity contribution is 5.93. The molecule has 0 aromatic carbocycles. The molecular formula is C19H23N5O3. The minimum atomic E-state index is -0.0831. The number of H-pyrrole nitrogens is 1. The molecule has 1 atom stereocenters. The summed E-state index contributed by atoms with van der Waals surface area (Å²) in [5.41, 5.74) is 2.06. The maximum Gasteiger partial charge on any atom is 0.274 e.